The van der Waals surface area contributed by atoms with Crippen molar-refractivity contribution >= 4 is 23.4 Å². The number of anilines is 2. The number of benzene rings is 1. The molecule has 1 N–H and O–H groups in total. The van der Waals surface area contributed by atoms with Crippen LogP contribution in [0.3, 0.4) is 0 Å². The minimum Gasteiger partial charge on any atom is -0.442 e. The largest absolute Gasteiger partial charge is 0.442 e. The fraction of sp³-hybridized carbons (Fsp3) is 0.261. The van der Waals surface area contributed by atoms with Gasteiger partial charge in [-0.15, -0.1) is 0 Å². The average molecular weight is 530 g/mol. The second kappa shape index (κ2) is 9.91. The summed E-state index contributed by atoms with van der Waals surface area (Å²) < 4.78 is 48.6. The Labute approximate surface area is 213 Å². The Morgan fingerprint density at radius 1 is 1.13 bits per heavy atom. The standard InChI is InChI=1S/C23H21F3N8O4/c1-22(2,3)38-21(35)33-9-8-18(31-33)19-17(23(24,25)26)11-27-20(30-19)29-15-10-28-32(13-15)12-14-4-6-16(7-5-14)34(36)37/h4-11,13H,12H2,1-3H3,(H,27,29,30). The Hall–Kier alpha value is -4.82. The number of hydrogen-bond donors (Lipinski definition) is 1. The molecule has 0 saturated heterocycles. The number of aromatic nitrogens is 6. The zero-order valence-electron chi connectivity index (χ0n) is 20.3. The molecule has 0 spiro atoms. The first-order chi connectivity index (χ1) is 17.8. The van der Waals surface area contributed by atoms with Crippen LogP contribution in [0.1, 0.15) is 31.9 Å². The Bertz CT molecular complexity index is 1470. The topological polar surface area (TPSA) is 143 Å². The number of halogens is 3. The molecule has 3 aromatic heterocycles. The number of hydrogen-bond acceptors (Lipinski definition) is 9. The number of carbonyl (C=O) groups is 1. The van der Waals surface area contributed by atoms with E-state index in [1.54, 1.807) is 39.1 Å². The summed E-state index contributed by atoms with van der Waals surface area (Å²) in [6.45, 7) is 5.23. The molecule has 0 fully saturated rings. The third-order valence-corrected chi connectivity index (χ3v) is 4.89. The molecule has 0 aliphatic heterocycles. The van der Waals surface area contributed by atoms with Crippen molar-refractivity contribution in [3.05, 3.63) is 76.4 Å². The van der Waals surface area contributed by atoms with E-state index in [0.717, 1.165) is 10.2 Å². The maximum absolute atomic E-state index is 13.7. The van der Waals surface area contributed by atoms with E-state index in [1.165, 1.54) is 35.3 Å². The number of nitrogens with zero attached hydrogens (tertiary/aromatic N) is 7. The van der Waals surface area contributed by atoms with Crippen molar-refractivity contribution in [3.63, 3.8) is 0 Å². The van der Waals surface area contributed by atoms with E-state index in [1.807, 2.05) is 0 Å². The van der Waals surface area contributed by atoms with Crippen molar-refractivity contribution < 1.29 is 27.6 Å². The third kappa shape index (κ3) is 6.29. The number of carbonyl (C=O) groups excluding carboxylic acids is 1. The van der Waals surface area contributed by atoms with E-state index < -0.39 is 34.1 Å². The van der Waals surface area contributed by atoms with E-state index in [4.69, 9.17) is 4.74 Å². The summed E-state index contributed by atoms with van der Waals surface area (Å²) in [5.41, 5.74) is -1.60. The van der Waals surface area contributed by atoms with Gasteiger partial charge in [0.2, 0.25) is 5.95 Å². The number of nitro groups is 1. The normalized spacial score (nSPS) is 11.8. The van der Waals surface area contributed by atoms with Crippen molar-refractivity contribution in [3.8, 4) is 11.4 Å². The SMILES string of the molecule is CC(C)(C)OC(=O)n1ccc(-c2nc(Nc3cnn(Cc4ccc([N+](=O)[O-])cc4)c3)ncc2C(F)(F)F)n1. The molecule has 4 rings (SSSR count). The van der Waals surface area contributed by atoms with Crippen molar-refractivity contribution in [2.24, 2.45) is 0 Å². The molecule has 4 aromatic rings. The maximum atomic E-state index is 13.7. The second-order valence-corrected chi connectivity index (χ2v) is 9.05. The van der Waals surface area contributed by atoms with Crippen LogP contribution in [0, 0.1) is 10.1 Å². The van der Waals surface area contributed by atoms with Gasteiger partial charge >= 0.3 is 12.3 Å². The predicted molar refractivity (Wildman–Crippen MR) is 128 cm³/mol. The summed E-state index contributed by atoms with van der Waals surface area (Å²) >= 11 is 0. The highest BCUT2D eigenvalue weighted by atomic mass is 19.4. The Morgan fingerprint density at radius 2 is 1.84 bits per heavy atom. The summed E-state index contributed by atoms with van der Waals surface area (Å²) in [6.07, 6.45) is -0.841. The highest BCUT2D eigenvalue weighted by Crippen LogP contribution is 2.35. The van der Waals surface area contributed by atoms with Gasteiger partial charge in [-0.1, -0.05) is 12.1 Å². The molecule has 0 radical (unpaired) electrons. The fourth-order valence-corrected chi connectivity index (χ4v) is 3.26. The molecule has 0 bridgehead atoms. The van der Waals surface area contributed by atoms with Gasteiger partial charge in [0, 0.05) is 30.7 Å². The smallest absolute Gasteiger partial charge is 0.435 e. The molecule has 0 amide bonds. The first kappa shape index (κ1) is 26.2. The molecule has 0 unspecified atom stereocenters. The summed E-state index contributed by atoms with van der Waals surface area (Å²) in [6, 6.07) is 7.15. The van der Waals surface area contributed by atoms with Crippen LogP contribution in [0.25, 0.3) is 11.4 Å². The zero-order chi connectivity index (χ0) is 27.7. The second-order valence-electron chi connectivity index (χ2n) is 9.05. The molecular formula is C23H21F3N8O4. The van der Waals surface area contributed by atoms with Crippen LogP contribution >= 0.6 is 0 Å². The van der Waals surface area contributed by atoms with Gasteiger partial charge in [-0.05, 0) is 32.4 Å². The number of alkyl halides is 3. The van der Waals surface area contributed by atoms with Gasteiger partial charge in [0.15, 0.2) is 0 Å². The van der Waals surface area contributed by atoms with Gasteiger partial charge in [-0.2, -0.15) is 28.1 Å². The summed E-state index contributed by atoms with van der Waals surface area (Å²) in [5.74, 6) is -0.158. The fourth-order valence-electron chi connectivity index (χ4n) is 3.26. The van der Waals surface area contributed by atoms with Gasteiger partial charge in [-0.25, -0.2) is 14.8 Å². The van der Waals surface area contributed by atoms with Crippen LogP contribution < -0.4 is 5.32 Å². The predicted octanol–water partition coefficient (Wildman–Crippen LogP) is 5.04. The van der Waals surface area contributed by atoms with Crippen molar-refractivity contribution in [2.75, 3.05) is 5.32 Å². The number of nitrogens with one attached hydrogen (secondary N) is 1. The van der Waals surface area contributed by atoms with Crippen LogP contribution in [-0.4, -0.2) is 46.1 Å². The lowest BCUT2D eigenvalue weighted by atomic mass is 10.2. The van der Waals surface area contributed by atoms with E-state index in [2.05, 4.69) is 25.5 Å². The summed E-state index contributed by atoms with van der Waals surface area (Å²) in [5, 5.41) is 21.7. The molecule has 38 heavy (non-hydrogen) atoms. The van der Waals surface area contributed by atoms with Gasteiger partial charge in [0.1, 0.15) is 22.6 Å². The molecule has 12 nitrogen and oxygen atoms in total. The van der Waals surface area contributed by atoms with E-state index >= 15 is 0 Å². The zero-order valence-corrected chi connectivity index (χ0v) is 20.3. The molecule has 198 valence electrons. The molecular weight excluding hydrogens is 509 g/mol. The van der Waals surface area contributed by atoms with Crippen LogP contribution in [0.4, 0.5) is 35.3 Å². The molecule has 1 aromatic carbocycles. The Kier molecular flexibility index (Phi) is 6.85. The number of nitro benzene ring substituents is 1. The molecule has 0 aliphatic carbocycles. The van der Waals surface area contributed by atoms with E-state index in [9.17, 15) is 28.1 Å². The monoisotopic (exact) mass is 530 g/mol. The van der Waals surface area contributed by atoms with E-state index in [0.29, 0.717) is 18.4 Å². The van der Waals surface area contributed by atoms with Gasteiger partial charge < -0.3 is 10.1 Å². The molecule has 15 heteroatoms. The maximum Gasteiger partial charge on any atom is 0.435 e. The third-order valence-electron chi connectivity index (χ3n) is 4.89. The molecule has 0 saturated carbocycles. The lowest BCUT2D eigenvalue weighted by Gasteiger charge is -2.18. The van der Waals surface area contributed by atoms with Gasteiger partial charge in [0.25, 0.3) is 5.69 Å². The minimum atomic E-state index is -4.78. The Morgan fingerprint density at radius 3 is 2.47 bits per heavy atom. The van der Waals surface area contributed by atoms with E-state index in [-0.39, 0.29) is 17.3 Å². The quantitative estimate of drug-likeness (QED) is 0.268. The van der Waals surface area contributed by atoms with Gasteiger partial charge in [0.05, 0.1) is 23.4 Å². The molecule has 3 heterocycles. The number of ether oxygens (including phenoxy) is 1. The molecule has 0 atom stereocenters. The highest BCUT2D eigenvalue weighted by molar-refractivity contribution is 5.71. The van der Waals surface area contributed by atoms with Gasteiger partial charge in [-0.3, -0.25) is 14.8 Å². The molecule has 0 aliphatic rings. The number of rotatable bonds is 6. The minimum absolute atomic E-state index is 0.0391. The van der Waals surface area contributed by atoms with Crippen molar-refractivity contribution in [1.29, 1.82) is 0 Å². The van der Waals surface area contributed by atoms with Crippen LogP contribution in [0.15, 0.2) is 55.1 Å². The summed E-state index contributed by atoms with van der Waals surface area (Å²) in [4.78, 5) is 30.3. The Balaban J connectivity index is 1.56. The first-order valence-corrected chi connectivity index (χ1v) is 11.0. The van der Waals surface area contributed by atoms with Crippen LogP contribution in [0.5, 0.6) is 0 Å². The average Bonchev–Trinajstić information content (AvgIpc) is 3.48. The summed E-state index contributed by atoms with van der Waals surface area (Å²) in [7, 11) is 0. The first-order valence-electron chi connectivity index (χ1n) is 11.0. The van der Waals surface area contributed by atoms with Crippen molar-refractivity contribution in [2.45, 2.75) is 39.1 Å². The van der Waals surface area contributed by atoms with Crippen LogP contribution in [-0.2, 0) is 17.5 Å². The highest BCUT2D eigenvalue weighted by Gasteiger charge is 2.36. The lowest BCUT2D eigenvalue weighted by molar-refractivity contribution is -0.384. The number of non-ortho nitro benzene ring substituents is 1. The lowest BCUT2D eigenvalue weighted by Crippen LogP contribution is -2.27. The van der Waals surface area contributed by atoms with Crippen LogP contribution in [0.2, 0.25) is 0 Å². The van der Waals surface area contributed by atoms with Crippen molar-refractivity contribution in [1.82, 2.24) is 29.5 Å².